The van der Waals surface area contributed by atoms with Crippen LogP contribution in [0.4, 0.5) is 0 Å². The van der Waals surface area contributed by atoms with Crippen LogP contribution in [0.2, 0.25) is 0 Å². The van der Waals surface area contributed by atoms with Crippen molar-refractivity contribution in [1.29, 1.82) is 0 Å². The molecule has 0 saturated carbocycles. The van der Waals surface area contributed by atoms with Gasteiger partial charge in [0.05, 0.1) is 12.7 Å². The summed E-state index contributed by atoms with van der Waals surface area (Å²) in [7, 11) is 0. The number of hydrogen-bond donors (Lipinski definition) is 11. The lowest BCUT2D eigenvalue weighted by molar-refractivity contribution is -0.144. The van der Waals surface area contributed by atoms with E-state index in [1.165, 1.54) is 6.92 Å². The Balaban J connectivity index is 6.08. The summed E-state index contributed by atoms with van der Waals surface area (Å²) in [6.07, 6.45) is -3.07. The van der Waals surface area contributed by atoms with Gasteiger partial charge in [-0.2, -0.15) is 0 Å². The zero-order chi connectivity index (χ0) is 39.6. The number of rotatable bonds is 24. The minimum atomic E-state index is -1.86. The van der Waals surface area contributed by atoms with E-state index in [4.69, 9.17) is 10.2 Å². The maximum absolute atomic E-state index is 13.2. The van der Waals surface area contributed by atoms with Crippen molar-refractivity contribution in [1.82, 2.24) is 31.9 Å². The second-order valence-corrected chi connectivity index (χ2v) is 12.2. The van der Waals surface area contributed by atoms with Crippen molar-refractivity contribution in [2.45, 2.75) is 122 Å². The minimum absolute atomic E-state index is 0.352. The lowest BCUT2D eigenvalue weighted by Crippen LogP contribution is -2.62. The van der Waals surface area contributed by atoms with Crippen molar-refractivity contribution in [2.75, 3.05) is 6.61 Å². The maximum Gasteiger partial charge on any atom is 0.326 e. The maximum atomic E-state index is 13.2. The molecule has 0 aliphatic rings. The molecule has 0 radical (unpaired) electrons. The summed E-state index contributed by atoms with van der Waals surface area (Å²) < 4.78 is 0. The molecule has 0 spiro atoms. The van der Waals surface area contributed by atoms with Crippen LogP contribution in [0.5, 0.6) is 0 Å². The fourth-order valence-corrected chi connectivity index (χ4v) is 4.58. The number of aliphatic hydroxyl groups is 2. The van der Waals surface area contributed by atoms with Gasteiger partial charge in [0.25, 0.3) is 0 Å². The van der Waals surface area contributed by atoms with Gasteiger partial charge in [0.2, 0.25) is 35.4 Å². The third-order valence-electron chi connectivity index (χ3n) is 8.07. The fourth-order valence-electron chi connectivity index (χ4n) is 4.58. The largest absolute Gasteiger partial charge is 0.481 e. The summed E-state index contributed by atoms with van der Waals surface area (Å²) in [5.74, 6) is -10.9. The first kappa shape index (κ1) is 46.1. The Morgan fingerprint density at radius 3 is 1.27 bits per heavy atom. The van der Waals surface area contributed by atoms with Crippen molar-refractivity contribution < 1.29 is 68.7 Å². The smallest absolute Gasteiger partial charge is 0.326 e. The van der Waals surface area contributed by atoms with Crippen LogP contribution in [0.3, 0.4) is 0 Å². The van der Waals surface area contributed by atoms with Gasteiger partial charge in [-0.05, 0) is 31.6 Å². The van der Waals surface area contributed by atoms with E-state index < -0.39 is 140 Å². The van der Waals surface area contributed by atoms with Gasteiger partial charge in [-0.1, -0.05) is 40.5 Å². The number of carbonyl (C=O) groups excluding carboxylic acids is 6. The molecule has 0 heterocycles. The van der Waals surface area contributed by atoms with Gasteiger partial charge in [-0.3, -0.25) is 38.4 Å². The van der Waals surface area contributed by atoms with E-state index in [-0.39, 0.29) is 0 Å². The minimum Gasteiger partial charge on any atom is -0.481 e. The number of nitrogens with one attached hydrogen (secondary N) is 6. The van der Waals surface area contributed by atoms with Crippen LogP contribution < -0.4 is 31.9 Å². The third kappa shape index (κ3) is 16.6. The van der Waals surface area contributed by atoms with Crippen molar-refractivity contribution in [3.63, 3.8) is 0 Å². The van der Waals surface area contributed by atoms with E-state index in [9.17, 15) is 58.5 Å². The quantitative estimate of drug-likeness (QED) is 0.0478. The Hall–Kier alpha value is -4.85. The van der Waals surface area contributed by atoms with Crippen molar-refractivity contribution in [3.05, 3.63) is 0 Å². The number of hydrogen-bond acceptors (Lipinski definition) is 11. The van der Waals surface area contributed by atoms with Gasteiger partial charge in [0.1, 0.15) is 36.3 Å². The van der Waals surface area contributed by atoms with E-state index in [2.05, 4.69) is 31.9 Å². The molecule has 0 aromatic heterocycles. The topological polar surface area (TPSA) is 327 Å². The summed E-state index contributed by atoms with van der Waals surface area (Å²) >= 11 is 0. The molecule has 9 atom stereocenters. The van der Waals surface area contributed by atoms with Gasteiger partial charge in [-0.15, -0.1) is 0 Å². The van der Waals surface area contributed by atoms with Gasteiger partial charge < -0.3 is 57.4 Å². The van der Waals surface area contributed by atoms with Crippen molar-refractivity contribution in [3.8, 4) is 0 Å². The molecule has 51 heavy (non-hydrogen) atoms. The molecule has 290 valence electrons. The molecule has 0 aliphatic heterocycles. The molecule has 20 nitrogen and oxygen atoms in total. The first-order valence-electron chi connectivity index (χ1n) is 16.4. The molecular weight excluding hydrogens is 680 g/mol. The molecule has 6 amide bonds. The van der Waals surface area contributed by atoms with Crippen molar-refractivity contribution >= 4 is 53.4 Å². The van der Waals surface area contributed by atoms with E-state index in [0.29, 0.717) is 12.8 Å². The standard InChI is InChI=1S/C31H52N6O14/c1-7-14(3)23(32-17(6)40)29(48)33-18(9-11-21(41)42)26(45)35-20(13-38)28(47)37-25(16(5)39)30(49)34-19(10-12-22(43)44)27(46)36-24(31(50)51)15(4)8-2/h14-16,18-20,23-25,38-39H,7-13H2,1-6H3,(H,32,40)(H,33,48)(H,34,49)(H,35,45)(H,36,46)(H,37,47)(H,41,42)(H,43,44)(H,50,51)/t14-,15-,16+,18-,19-,20-,23-,24-,25-/m0/s1. The van der Waals surface area contributed by atoms with E-state index >= 15 is 0 Å². The van der Waals surface area contributed by atoms with Crippen molar-refractivity contribution in [2.24, 2.45) is 11.8 Å². The van der Waals surface area contributed by atoms with Gasteiger partial charge in [-0.25, -0.2) is 4.79 Å². The highest BCUT2D eigenvalue weighted by Crippen LogP contribution is 2.11. The molecule has 0 rings (SSSR count). The molecule has 20 heteroatoms. The van der Waals surface area contributed by atoms with Crippen LogP contribution >= 0.6 is 0 Å². The number of aliphatic carboxylic acids is 3. The Labute approximate surface area is 294 Å². The van der Waals surface area contributed by atoms with E-state index in [1.54, 1.807) is 27.7 Å². The van der Waals surface area contributed by atoms with E-state index in [1.807, 2.05) is 0 Å². The average Bonchev–Trinajstić information content (AvgIpc) is 3.05. The SMILES string of the molecule is CC[C@H](C)[C@H](NC(=O)[C@H](CCC(=O)O)NC(=O)[C@@H](NC(=O)[C@H](CO)NC(=O)[C@H](CCC(=O)O)NC(=O)[C@@H](NC(C)=O)[C@@H](C)CC)[C@@H](C)O)C(=O)O. The average molecular weight is 733 g/mol. The third-order valence-corrected chi connectivity index (χ3v) is 8.07. The van der Waals surface area contributed by atoms with Crippen LogP contribution in [-0.2, 0) is 43.2 Å². The van der Waals surface area contributed by atoms with Crippen LogP contribution in [0, 0.1) is 11.8 Å². The first-order valence-corrected chi connectivity index (χ1v) is 16.4. The Kier molecular flexibility index (Phi) is 20.6. The highest BCUT2D eigenvalue weighted by Gasteiger charge is 2.36. The molecular formula is C31H52N6O14. The Morgan fingerprint density at radius 1 is 0.529 bits per heavy atom. The van der Waals surface area contributed by atoms with Crippen LogP contribution in [0.1, 0.15) is 80.1 Å². The normalized spacial score (nSPS) is 16.2. The monoisotopic (exact) mass is 732 g/mol. The molecule has 0 aromatic carbocycles. The zero-order valence-corrected chi connectivity index (χ0v) is 29.6. The Morgan fingerprint density at radius 2 is 0.902 bits per heavy atom. The summed E-state index contributed by atoms with van der Waals surface area (Å²) in [5, 5.41) is 61.6. The van der Waals surface area contributed by atoms with Crippen LogP contribution in [0.25, 0.3) is 0 Å². The van der Waals surface area contributed by atoms with E-state index in [0.717, 1.165) is 6.92 Å². The molecule has 0 bridgehead atoms. The summed E-state index contributed by atoms with van der Waals surface area (Å²) in [6, 6.07) is -9.35. The zero-order valence-electron chi connectivity index (χ0n) is 29.6. The molecule has 11 N–H and O–H groups in total. The summed E-state index contributed by atoms with van der Waals surface area (Å²) in [6.45, 7) is 7.81. The predicted molar refractivity (Wildman–Crippen MR) is 176 cm³/mol. The van der Waals surface area contributed by atoms with Gasteiger partial charge in [0.15, 0.2) is 0 Å². The molecule has 0 saturated heterocycles. The number of carboxylic acids is 3. The predicted octanol–water partition coefficient (Wildman–Crippen LogP) is -2.81. The summed E-state index contributed by atoms with van der Waals surface area (Å²) in [4.78, 5) is 111. The lowest BCUT2D eigenvalue weighted by Gasteiger charge is -2.28. The first-order chi connectivity index (χ1) is 23.7. The highest BCUT2D eigenvalue weighted by atomic mass is 16.4. The number of carbonyl (C=O) groups is 9. The molecule has 0 fully saturated rings. The Bertz CT molecular complexity index is 1260. The number of aliphatic hydroxyl groups excluding tert-OH is 2. The highest BCUT2D eigenvalue weighted by molar-refractivity contribution is 5.97. The molecule has 0 aromatic rings. The lowest BCUT2D eigenvalue weighted by atomic mass is 9.97. The molecule has 0 aliphatic carbocycles. The molecule has 0 unspecified atom stereocenters. The second kappa shape index (κ2) is 22.8. The number of carboxylic acid groups (broad SMARTS) is 3. The van der Waals surface area contributed by atoms with Gasteiger partial charge in [0, 0.05) is 19.8 Å². The van der Waals surface area contributed by atoms with Gasteiger partial charge >= 0.3 is 17.9 Å². The fraction of sp³-hybridized carbons (Fsp3) is 0.710. The number of amides is 6. The van der Waals surface area contributed by atoms with Crippen LogP contribution in [0.15, 0.2) is 0 Å². The van der Waals surface area contributed by atoms with Crippen LogP contribution in [-0.4, -0.2) is 128 Å². The second-order valence-electron chi connectivity index (χ2n) is 12.2. The summed E-state index contributed by atoms with van der Waals surface area (Å²) in [5.41, 5.74) is 0.